The summed E-state index contributed by atoms with van der Waals surface area (Å²) in [6.07, 6.45) is 19.2. The Balaban J connectivity index is 1.86. The second-order valence-electron chi connectivity index (χ2n) is 8.13. The van der Waals surface area contributed by atoms with Gasteiger partial charge in [-0.1, -0.05) is 97.3 Å². The fourth-order valence-corrected chi connectivity index (χ4v) is 3.83. The molecular weight excluding hydrogens is 312 g/mol. The molecule has 0 aromatic heterocycles. The van der Waals surface area contributed by atoms with Crippen LogP contribution in [0.15, 0.2) is 0 Å². The van der Waals surface area contributed by atoms with Crippen LogP contribution >= 0.6 is 0 Å². The molecule has 0 radical (unpaired) electrons. The first kappa shape index (κ1) is 22.5. The van der Waals surface area contributed by atoms with E-state index in [0.717, 1.165) is 6.42 Å². The minimum atomic E-state index is -0.500. The molecule has 1 heterocycles. The number of carbonyl (C=O) groups excluding carboxylic acids is 1. The Morgan fingerprint density at radius 2 is 1.40 bits per heavy atom. The second-order valence-corrected chi connectivity index (χ2v) is 8.13. The number of esters is 1. The summed E-state index contributed by atoms with van der Waals surface area (Å²) in [5.41, 5.74) is 0. The van der Waals surface area contributed by atoms with Gasteiger partial charge in [0.2, 0.25) is 0 Å². The number of cyclic esters (lactones) is 1. The van der Waals surface area contributed by atoms with Crippen LogP contribution in [0.25, 0.3) is 0 Å². The van der Waals surface area contributed by atoms with E-state index >= 15 is 0 Å². The molecule has 0 spiro atoms. The van der Waals surface area contributed by atoms with Gasteiger partial charge in [0.05, 0.1) is 12.5 Å². The van der Waals surface area contributed by atoms with Gasteiger partial charge in [0.25, 0.3) is 0 Å². The molecule has 1 aliphatic heterocycles. The predicted octanol–water partition coefficient (Wildman–Crippen LogP) is 6.17. The van der Waals surface area contributed by atoms with E-state index in [1.165, 1.54) is 83.5 Å². The number of ether oxygens (including phenoxy) is 1. The molecule has 0 saturated carbocycles. The average Bonchev–Trinajstić information content (AvgIpc) is 2.58. The van der Waals surface area contributed by atoms with Crippen LogP contribution in [0, 0.1) is 5.92 Å². The molecular formula is C22H42O3. The Hall–Kier alpha value is -0.570. The van der Waals surface area contributed by atoms with Crippen LogP contribution in [0.2, 0.25) is 0 Å². The number of unbranched alkanes of at least 4 members (excludes halogenated alkanes) is 12. The molecule has 0 bridgehead atoms. The van der Waals surface area contributed by atoms with Crippen LogP contribution < -0.4 is 0 Å². The van der Waals surface area contributed by atoms with Crippen LogP contribution in [0.3, 0.4) is 0 Å². The highest BCUT2D eigenvalue weighted by molar-refractivity contribution is 5.71. The number of aliphatic hydroxyl groups is 1. The van der Waals surface area contributed by atoms with E-state index < -0.39 is 6.10 Å². The van der Waals surface area contributed by atoms with Gasteiger partial charge in [-0.15, -0.1) is 0 Å². The zero-order chi connectivity index (χ0) is 18.3. The third kappa shape index (κ3) is 11.6. The van der Waals surface area contributed by atoms with E-state index in [2.05, 4.69) is 13.8 Å². The highest BCUT2D eigenvalue weighted by atomic mass is 16.5. The maximum Gasteiger partial charge on any atom is 0.308 e. The predicted molar refractivity (Wildman–Crippen MR) is 105 cm³/mol. The van der Waals surface area contributed by atoms with E-state index in [0.29, 0.717) is 12.3 Å². The third-order valence-corrected chi connectivity index (χ3v) is 5.59. The molecule has 3 nitrogen and oxygen atoms in total. The van der Waals surface area contributed by atoms with E-state index in [4.69, 9.17) is 4.74 Å². The lowest BCUT2D eigenvalue weighted by atomic mass is 9.91. The summed E-state index contributed by atoms with van der Waals surface area (Å²) in [6, 6.07) is 0. The smallest absolute Gasteiger partial charge is 0.308 e. The van der Waals surface area contributed by atoms with Crippen molar-refractivity contribution in [3.63, 3.8) is 0 Å². The number of rotatable bonds is 15. The molecule has 1 N–H and O–H groups in total. The average molecular weight is 355 g/mol. The quantitative estimate of drug-likeness (QED) is 0.282. The second kappa shape index (κ2) is 14.6. The van der Waals surface area contributed by atoms with Crippen molar-refractivity contribution in [1.82, 2.24) is 0 Å². The fraction of sp³-hybridized carbons (Fsp3) is 0.955. The standard InChI is InChI=1S/C22H42O3/c1-3-4-5-6-7-8-9-10-11-12-13-14-15-16-19(2)21-17-20(23)18-22(24)25-21/h19-21,23H,3-18H2,1-2H3/t19?,20-,21?/m1/s1. The molecule has 1 saturated heterocycles. The molecule has 1 aliphatic rings. The molecule has 3 heteroatoms. The molecule has 0 aliphatic carbocycles. The fourth-order valence-electron chi connectivity index (χ4n) is 3.83. The van der Waals surface area contributed by atoms with E-state index in [9.17, 15) is 9.90 Å². The molecule has 25 heavy (non-hydrogen) atoms. The van der Waals surface area contributed by atoms with Crippen molar-refractivity contribution in [1.29, 1.82) is 0 Å². The normalized spacial score (nSPS) is 22.0. The van der Waals surface area contributed by atoms with Gasteiger partial charge < -0.3 is 9.84 Å². The van der Waals surface area contributed by atoms with Gasteiger partial charge >= 0.3 is 5.97 Å². The lowest BCUT2D eigenvalue weighted by molar-refractivity contribution is -0.163. The first-order valence-electron chi connectivity index (χ1n) is 11.0. The molecule has 2 unspecified atom stereocenters. The molecule has 0 aromatic rings. The summed E-state index contributed by atoms with van der Waals surface area (Å²) in [5.74, 6) is 0.132. The van der Waals surface area contributed by atoms with Gasteiger partial charge in [0, 0.05) is 6.42 Å². The van der Waals surface area contributed by atoms with Crippen molar-refractivity contribution in [2.24, 2.45) is 5.92 Å². The molecule has 1 rings (SSSR count). The van der Waals surface area contributed by atoms with E-state index in [1.807, 2.05) is 0 Å². The van der Waals surface area contributed by atoms with Crippen molar-refractivity contribution >= 4 is 5.97 Å². The van der Waals surface area contributed by atoms with Crippen LogP contribution in [0.4, 0.5) is 0 Å². The van der Waals surface area contributed by atoms with Gasteiger partial charge in [-0.3, -0.25) is 4.79 Å². The topological polar surface area (TPSA) is 46.5 Å². The monoisotopic (exact) mass is 354 g/mol. The van der Waals surface area contributed by atoms with Gasteiger partial charge in [-0.05, 0) is 12.3 Å². The Morgan fingerprint density at radius 1 is 0.920 bits per heavy atom. The summed E-state index contributed by atoms with van der Waals surface area (Å²) >= 11 is 0. The van der Waals surface area contributed by atoms with Crippen molar-refractivity contribution in [3.8, 4) is 0 Å². The Bertz CT molecular complexity index is 329. The van der Waals surface area contributed by atoms with Crippen molar-refractivity contribution < 1.29 is 14.6 Å². The molecule has 0 amide bonds. The van der Waals surface area contributed by atoms with E-state index in [1.54, 1.807) is 0 Å². The Morgan fingerprint density at radius 3 is 1.88 bits per heavy atom. The van der Waals surface area contributed by atoms with Crippen molar-refractivity contribution in [3.05, 3.63) is 0 Å². The van der Waals surface area contributed by atoms with E-state index in [-0.39, 0.29) is 18.5 Å². The summed E-state index contributed by atoms with van der Waals surface area (Å²) in [4.78, 5) is 11.4. The zero-order valence-electron chi connectivity index (χ0n) is 16.8. The maximum absolute atomic E-state index is 11.4. The molecule has 3 atom stereocenters. The highest BCUT2D eigenvalue weighted by Crippen LogP contribution is 2.25. The minimum Gasteiger partial charge on any atom is -0.462 e. The Labute approximate surface area is 155 Å². The largest absolute Gasteiger partial charge is 0.462 e. The maximum atomic E-state index is 11.4. The number of hydrogen-bond donors (Lipinski definition) is 1. The van der Waals surface area contributed by atoms with Gasteiger partial charge in [0.15, 0.2) is 0 Å². The summed E-state index contributed by atoms with van der Waals surface area (Å²) < 4.78 is 5.38. The van der Waals surface area contributed by atoms with Crippen LogP contribution in [-0.4, -0.2) is 23.3 Å². The van der Waals surface area contributed by atoms with Crippen molar-refractivity contribution in [2.45, 2.75) is 129 Å². The van der Waals surface area contributed by atoms with Gasteiger partial charge in [-0.25, -0.2) is 0 Å². The molecule has 1 fully saturated rings. The first-order valence-corrected chi connectivity index (χ1v) is 11.0. The summed E-state index contributed by atoms with van der Waals surface area (Å²) in [6.45, 7) is 4.42. The van der Waals surface area contributed by atoms with Gasteiger partial charge in [0.1, 0.15) is 6.10 Å². The first-order chi connectivity index (χ1) is 12.1. The zero-order valence-corrected chi connectivity index (χ0v) is 16.8. The minimum absolute atomic E-state index is 0.0754. The summed E-state index contributed by atoms with van der Waals surface area (Å²) in [5, 5.41) is 9.68. The molecule has 0 aromatic carbocycles. The third-order valence-electron chi connectivity index (χ3n) is 5.59. The number of aliphatic hydroxyl groups excluding tert-OH is 1. The highest BCUT2D eigenvalue weighted by Gasteiger charge is 2.30. The lowest BCUT2D eigenvalue weighted by Crippen LogP contribution is -2.36. The number of carbonyl (C=O) groups is 1. The Kier molecular flexibility index (Phi) is 13.1. The van der Waals surface area contributed by atoms with Crippen LogP contribution in [-0.2, 0) is 9.53 Å². The molecule has 148 valence electrons. The summed E-state index contributed by atoms with van der Waals surface area (Å²) in [7, 11) is 0. The van der Waals surface area contributed by atoms with Crippen molar-refractivity contribution in [2.75, 3.05) is 0 Å². The van der Waals surface area contributed by atoms with Crippen LogP contribution in [0.1, 0.15) is 117 Å². The van der Waals surface area contributed by atoms with Crippen LogP contribution in [0.5, 0.6) is 0 Å². The SMILES string of the molecule is CCCCCCCCCCCCCCCC(C)C1C[C@@H](O)CC(=O)O1. The van der Waals surface area contributed by atoms with Gasteiger partial charge in [-0.2, -0.15) is 0 Å². The lowest BCUT2D eigenvalue weighted by Gasteiger charge is -2.30. The number of hydrogen-bond acceptors (Lipinski definition) is 3.